The van der Waals surface area contributed by atoms with Crippen LogP contribution in [0.5, 0.6) is 5.75 Å². The number of aromatic carboxylic acids is 1. The summed E-state index contributed by atoms with van der Waals surface area (Å²) in [5.74, 6) is -0.105. The maximum Gasteiger partial charge on any atom is 0.339 e. The molecular formula is C14H13ClN2O3. The summed E-state index contributed by atoms with van der Waals surface area (Å²) in [6, 6.07) is 10.3. The lowest BCUT2D eigenvalue weighted by Crippen LogP contribution is -2.09. The number of pyridine rings is 1. The second-order valence-electron chi connectivity index (χ2n) is 4.00. The van der Waals surface area contributed by atoms with Gasteiger partial charge in [-0.25, -0.2) is 9.78 Å². The Morgan fingerprint density at radius 3 is 2.80 bits per heavy atom. The van der Waals surface area contributed by atoms with Crippen molar-refractivity contribution in [3.63, 3.8) is 0 Å². The molecule has 5 nitrogen and oxygen atoms in total. The van der Waals surface area contributed by atoms with Crippen LogP contribution in [0.15, 0.2) is 36.4 Å². The average molecular weight is 293 g/mol. The molecule has 1 heterocycles. The number of anilines is 1. The van der Waals surface area contributed by atoms with Gasteiger partial charge in [-0.15, -0.1) is 0 Å². The van der Waals surface area contributed by atoms with E-state index in [-0.39, 0.29) is 16.5 Å². The SMILES string of the molecule is COc1ccccc1CNc1nc(Cl)ccc1C(=O)O. The summed E-state index contributed by atoms with van der Waals surface area (Å²) in [4.78, 5) is 15.1. The van der Waals surface area contributed by atoms with Gasteiger partial charge in [-0.2, -0.15) is 0 Å². The van der Waals surface area contributed by atoms with Gasteiger partial charge in [0.05, 0.1) is 7.11 Å². The zero-order chi connectivity index (χ0) is 14.5. The van der Waals surface area contributed by atoms with Crippen molar-refractivity contribution in [2.75, 3.05) is 12.4 Å². The summed E-state index contributed by atoms with van der Waals surface area (Å²) in [5.41, 5.74) is 0.970. The van der Waals surface area contributed by atoms with Crippen LogP contribution >= 0.6 is 11.6 Å². The van der Waals surface area contributed by atoms with E-state index in [1.165, 1.54) is 12.1 Å². The summed E-state index contributed by atoms with van der Waals surface area (Å²) < 4.78 is 5.23. The number of carboxylic acids is 1. The third-order valence-corrected chi connectivity index (χ3v) is 2.94. The van der Waals surface area contributed by atoms with E-state index in [4.69, 9.17) is 21.4 Å². The fraction of sp³-hybridized carbons (Fsp3) is 0.143. The van der Waals surface area contributed by atoms with E-state index in [0.717, 1.165) is 11.3 Å². The monoisotopic (exact) mass is 292 g/mol. The van der Waals surface area contributed by atoms with Crippen LogP contribution in [0.4, 0.5) is 5.82 Å². The van der Waals surface area contributed by atoms with Crippen molar-refractivity contribution in [1.29, 1.82) is 0 Å². The number of ether oxygens (including phenoxy) is 1. The summed E-state index contributed by atoms with van der Waals surface area (Å²) in [6.45, 7) is 0.387. The van der Waals surface area contributed by atoms with Crippen LogP contribution in [-0.4, -0.2) is 23.2 Å². The lowest BCUT2D eigenvalue weighted by molar-refractivity contribution is 0.0697. The Hall–Kier alpha value is -2.27. The quantitative estimate of drug-likeness (QED) is 0.829. The van der Waals surface area contributed by atoms with Gasteiger partial charge in [0.25, 0.3) is 0 Å². The standard InChI is InChI=1S/C14H13ClN2O3/c1-20-11-5-3-2-4-9(11)8-16-13-10(14(18)19)6-7-12(15)17-13/h2-7H,8H2,1H3,(H,16,17)(H,18,19). The largest absolute Gasteiger partial charge is 0.496 e. The number of rotatable bonds is 5. The molecule has 1 aromatic carbocycles. The number of nitrogens with one attached hydrogen (secondary N) is 1. The number of methoxy groups -OCH3 is 1. The Labute approximate surface area is 121 Å². The fourth-order valence-corrected chi connectivity index (χ4v) is 1.92. The van der Waals surface area contributed by atoms with Gasteiger partial charge >= 0.3 is 5.97 Å². The molecule has 2 rings (SSSR count). The molecule has 6 heteroatoms. The number of carbonyl (C=O) groups is 1. The number of hydrogen-bond donors (Lipinski definition) is 2. The minimum absolute atomic E-state index is 0.0734. The molecule has 0 spiro atoms. The minimum atomic E-state index is -1.06. The lowest BCUT2D eigenvalue weighted by Gasteiger charge is -2.11. The van der Waals surface area contributed by atoms with Gasteiger partial charge in [0.2, 0.25) is 0 Å². The van der Waals surface area contributed by atoms with Crippen LogP contribution in [-0.2, 0) is 6.54 Å². The molecule has 0 unspecified atom stereocenters. The summed E-state index contributed by atoms with van der Waals surface area (Å²) in [6.07, 6.45) is 0. The van der Waals surface area contributed by atoms with E-state index in [0.29, 0.717) is 6.54 Å². The Kier molecular flexibility index (Phi) is 4.42. The molecule has 0 amide bonds. The maximum absolute atomic E-state index is 11.1. The van der Waals surface area contributed by atoms with Gasteiger partial charge in [0.1, 0.15) is 22.3 Å². The highest BCUT2D eigenvalue weighted by molar-refractivity contribution is 6.29. The van der Waals surface area contributed by atoms with E-state index in [1.807, 2.05) is 24.3 Å². The van der Waals surface area contributed by atoms with E-state index in [2.05, 4.69) is 10.3 Å². The molecule has 0 saturated heterocycles. The topological polar surface area (TPSA) is 71.5 Å². The first-order valence-corrected chi connectivity index (χ1v) is 6.25. The van der Waals surface area contributed by atoms with Crippen LogP contribution in [0.25, 0.3) is 0 Å². The molecule has 1 aromatic heterocycles. The average Bonchev–Trinajstić information content (AvgIpc) is 2.45. The molecule has 0 radical (unpaired) electrons. The second kappa shape index (κ2) is 6.25. The number of carboxylic acid groups (broad SMARTS) is 1. The molecule has 0 aliphatic rings. The molecule has 0 aliphatic heterocycles. The van der Waals surface area contributed by atoms with Crippen molar-refractivity contribution in [3.8, 4) is 5.75 Å². The number of nitrogens with zero attached hydrogens (tertiary/aromatic N) is 1. The number of hydrogen-bond acceptors (Lipinski definition) is 4. The van der Waals surface area contributed by atoms with Gasteiger partial charge in [-0.05, 0) is 18.2 Å². The highest BCUT2D eigenvalue weighted by atomic mass is 35.5. The van der Waals surface area contributed by atoms with Crippen LogP contribution < -0.4 is 10.1 Å². The van der Waals surface area contributed by atoms with Crippen molar-refractivity contribution < 1.29 is 14.6 Å². The van der Waals surface area contributed by atoms with Crippen LogP contribution in [0.1, 0.15) is 15.9 Å². The van der Waals surface area contributed by atoms with E-state index < -0.39 is 5.97 Å². The van der Waals surface area contributed by atoms with E-state index in [9.17, 15) is 4.79 Å². The number of para-hydroxylation sites is 1. The minimum Gasteiger partial charge on any atom is -0.496 e. The highest BCUT2D eigenvalue weighted by Gasteiger charge is 2.12. The molecule has 0 atom stereocenters. The van der Waals surface area contributed by atoms with Crippen LogP contribution in [0, 0.1) is 0 Å². The molecule has 0 fully saturated rings. The zero-order valence-electron chi connectivity index (χ0n) is 10.8. The molecule has 0 saturated carbocycles. The highest BCUT2D eigenvalue weighted by Crippen LogP contribution is 2.21. The van der Waals surface area contributed by atoms with Gasteiger partial charge in [-0.1, -0.05) is 29.8 Å². The van der Waals surface area contributed by atoms with Crippen molar-refractivity contribution in [2.24, 2.45) is 0 Å². The first-order chi connectivity index (χ1) is 9.61. The Morgan fingerprint density at radius 1 is 1.35 bits per heavy atom. The number of halogens is 1. The molecule has 2 N–H and O–H groups in total. The first kappa shape index (κ1) is 14.1. The zero-order valence-corrected chi connectivity index (χ0v) is 11.5. The van der Waals surface area contributed by atoms with E-state index in [1.54, 1.807) is 7.11 Å². The van der Waals surface area contributed by atoms with Gasteiger partial charge in [-0.3, -0.25) is 0 Å². The van der Waals surface area contributed by atoms with Gasteiger partial charge in [0.15, 0.2) is 0 Å². The number of benzene rings is 1. The normalized spacial score (nSPS) is 10.1. The Morgan fingerprint density at radius 2 is 2.10 bits per heavy atom. The third-order valence-electron chi connectivity index (χ3n) is 2.73. The van der Waals surface area contributed by atoms with Crippen molar-refractivity contribution in [3.05, 3.63) is 52.7 Å². The van der Waals surface area contributed by atoms with Crippen LogP contribution in [0.2, 0.25) is 5.15 Å². The summed E-state index contributed by atoms with van der Waals surface area (Å²) >= 11 is 5.79. The predicted molar refractivity (Wildman–Crippen MR) is 76.5 cm³/mol. The third kappa shape index (κ3) is 3.19. The molecular weight excluding hydrogens is 280 g/mol. The second-order valence-corrected chi connectivity index (χ2v) is 4.39. The van der Waals surface area contributed by atoms with E-state index >= 15 is 0 Å². The first-order valence-electron chi connectivity index (χ1n) is 5.87. The predicted octanol–water partition coefficient (Wildman–Crippen LogP) is 3.05. The summed E-state index contributed by atoms with van der Waals surface area (Å²) in [7, 11) is 1.58. The molecule has 0 aliphatic carbocycles. The molecule has 0 bridgehead atoms. The smallest absolute Gasteiger partial charge is 0.339 e. The Balaban J connectivity index is 2.22. The lowest BCUT2D eigenvalue weighted by atomic mass is 10.2. The number of aromatic nitrogens is 1. The van der Waals surface area contributed by atoms with Crippen LogP contribution in [0.3, 0.4) is 0 Å². The van der Waals surface area contributed by atoms with Crippen molar-refractivity contribution in [1.82, 2.24) is 4.98 Å². The van der Waals surface area contributed by atoms with Crippen molar-refractivity contribution in [2.45, 2.75) is 6.54 Å². The maximum atomic E-state index is 11.1. The van der Waals surface area contributed by atoms with Gasteiger partial charge < -0.3 is 15.2 Å². The molecule has 104 valence electrons. The van der Waals surface area contributed by atoms with Crippen molar-refractivity contribution >= 4 is 23.4 Å². The Bertz CT molecular complexity index is 632. The summed E-state index contributed by atoms with van der Waals surface area (Å²) in [5, 5.41) is 12.3. The fourth-order valence-electron chi connectivity index (χ4n) is 1.77. The molecule has 2 aromatic rings. The molecule has 20 heavy (non-hydrogen) atoms. The van der Waals surface area contributed by atoms with Gasteiger partial charge in [0, 0.05) is 12.1 Å².